The first-order chi connectivity index (χ1) is 19.4. The normalized spacial score (nSPS) is 19.2. The van der Waals surface area contributed by atoms with E-state index in [-0.39, 0.29) is 11.3 Å². The van der Waals surface area contributed by atoms with Crippen LogP contribution < -0.4 is 14.7 Å². The highest BCUT2D eigenvalue weighted by molar-refractivity contribution is 6.46. The van der Waals surface area contributed by atoms with Crippen LogP contribution in [-0.4, -0.2) is 61.1 Å². The van der Waals surface area contributed by atoms with E-state index < -0.39 is 23.5 Å². The molecule has 2 aliphatic heterocycles. The maximum atomic E-state index is 13.7. The Morgan fingerprint density at radius 1 is 1.02 bits per heavy atom. The Morgan fingerprint density at radius 2 is 1.73 bits per heavy atom. The van der Waals surface area contributed by atoms with Crippen LogP contribution in [0.5, 0.6) is 11.5 Å². The van der Waals surface area contributed by atoms with Crippen LogP contribution in [0.4, 0.5) is 0 Å². The molecule has 5 rings (SSSR count). The van der Waals surface area contributed by atoms with Gasteiger partial charge in [0.2, 0.25) is 5.78 Å². The number of benzene rings is 3. The minimum absolute atomic E-state index is 0.0658. The number of aryl methyl sites for hydroxylation is 1. The average molecular weight is 543 g/mol. The zero-order valence-corrected chi connectivity index (χ0v) is 22.6. The number of phenols is 1. The lowest BCUT2D eigenvalue weighted by Gasteiger charge is -2.29. The summed E-state index contributed by atoms with van der Waals surface area (Å²) in [6.45, 7) is 6.87. The molecule has 3 aromatic rings. The quantitative estimate of drug-likeness (QED) is 0.243. The van der Waals surface area contributed by atoms with Gasteiger partial charge in [0.15, 0.2) is 0 Å². The smallest absolute Gasteiger partial charge is 0.295 e. The number of quaternary nitrogens is 1. The van der Waals surface area contributed by atoms with E-state index in [1.54, 1.807) is 36.4 Å². The van der Waals surface area contributed by atoms with Crippen LogP contribution in [0.2, 0.25) is 0 Å². The fourth-order valence-electron chi connectivity index (χ4n) is 5.30. The first kappa shape index (κ1) is 27.4. The molecule has 8 heteroatoms. The fraction of sp³-hybridized carbons (Fsp3) is 0.312. The Bertz CT molecular complexity index is 1380. The number of rotatable bonds is 9. The molecule has 0 aromatic heterocycles. The van der Waals surface area contributed by atoms with Crippen LogP contribution in [0.15, 0.2) is 78.4 Å². The van der Waals surface area contributed by atoms with Crippen molar-refractivity contribution in [1.29, 1.82) is 0 Å². The molecular formula is C32H34N2O6. The zero-order chi connectivity index (χ0) is 28.1. The summed E-state index contributed by atoms with van der Waals surface area (Å²) in [5.41, 5.74) is 3.05. The summed E-state index contributed by atoms with van der Waals surface area (Å²) in [5, 5.41) is 23.5. The summed E-state index contributed by atoms with van der Waals surface area (Å²) >= 11 is 0. The fourth-order valence-corrected chi connectivity index (χ4v) is 5.30. The van der Waals surface area contributed by atoms with Gasteiger partial charge < -0.3 is 29.5 Å². The minimum Gasteiger partial charge on any atom is -0.872 e. The Morgan fingerprint density at radius 3 is 2.42 bits per heavy atom. The molecule has 0 aliphatic carbocycles. The number of carbonyl (C=O) groups excluding carboxylic acids is 2. The third-order valence-electron chi connectivity index (χ3n) is 7.64. The van der Waals surface area contributed by atoms with Crippen molar-refractivity contribution in [2.24, 2.45) is 0 Å². The van der Waals surface area contributed by atoms with Gasteiger partial charge in [0.25, 0.3) is 5.91 Å². The molecule has 0 saturated carbocycles. The monoisotopic (exact) mass is 542 g/mol. The largest absolute Gasteiger partial charge is 0.872 e. The summed E-state index contributed by atoms with van der Waals surface area (Å²) in [7, 11) is 0. The second-order valence-electron chi connectivity index (χ2n) is 10.3. The van der Waals surface area contributed by atoms with Gasteiger partial charge in [-0.05, 0) is 53.4 Å². The summed E-state index contributed by atoms with van der Waals surface area (Å²) in [6, 6.07) is 20.1. The number of ether oxygens (including phenoxy) is 2. The highest BCUT2D eigenvalue weighted by Gasteiger charge is 2.44. The number of Topliss-reactive ketones (excluding diaryl/α,β-unsaturated/α-hetero) is 1. The van der Waals surface area contributed by atoms with Crippen molar-refractivity contribution in [3.05, 3.63) is 101 Å². The van der Waals surface area contributed by atoms with Gasteiger partial charge in [-0.15, -0.1) is 0 Å². The number of amides is 1. The van der Waals surface area contributed by atoms with Crippen molar-refractivity contribution in [2.45, 2.75) is 26.0 Å². The van der Waals surface area contributed by atoms with E-state index in [9.17, 15) is 19.8 Å². The number of carbonyl (C=O) groups is 2. The molecule has 2 saturated heterocycles. The molecular weight excluding hydrogens is 508 g/mol. The third kappa shape index (κ3) is 6.03. The van der Waals surface area contributed by atoms with E-state index in [1.165, 1.54) is 21.9 Å². The molecule has 3 aromatic carbocycles. The molecule has 2 aliphatic rings. The summed E-state index contributed by atoms with van der Waals surface area (Å²) < 4.78 is 11.3. The number of hydrogen-bond donors (Lipinski definition) is 2. The molecule has 1 unspecified atom stereocenters. The molecule has 1 amide bonds. The van der Waals surface area contributed by atoms with Gasteiger partial charge >= 0.3 is 0 Å². The Kier molecular flexibility index (Phi) is 8.48. The molecule has 1 atom stereocenters. The Balaban J connectivity index is 1.38. The van der Waals surface area contributed by atoms with Crippen molar-refractivity contribution in [2.75, 3.05) is 39.4 Å². The van der Waals surface area contributed by atoms with E-state index in [1.807, 2.05) is 31.2 Å². The second kappa shape index (κ2) is 12.4. The number of morpholine rings is 1. The van der Waals surface area contributed by atoms with Crippen LogP contribution >= 0.6 is 0 Å². The number of likely N-dealkylation sites (tertiary alicyclic amines) is 1. The Hall–Kier alpha value is -4.14. The van der Waals surface area contributed by atoms with Crippen molar-refractivity contribution < 1.29 is 34.2 Å². The van der Waals surface area contributed by atoms with E-state index in [4.69, 9.17) is 9.47 Å². The predicted molar refractivity (Wildman–Crippen MR) is 147 cm³/mol. The molecule has 8 nitrogen and oxygen atoms in total. The van der Waals surface area contributed by atoms with Crippen LogP contribution in [-0.2, 0) is 20.9 Å². The topological polar surface area (TPSA) is 104 Å². The van der Waals surface area contributed by atoms with Crippen molar-refractivity contribution in [3.63, 3.8) is 0 Å². The van der Waals surface area contributed by atoms with Gasteiger partial charge in [0.1, 0.15) is 31.2 Å². The molecule has 40 heavy (non-hydrogen) atoms. The van der Waals surface area contributed by atoms with Gasteiger partial charge in [-0.3, -0.25) is 9.59 Å². The predicted octanol–water partition coefficient (Wildman–Crippen LogP) is 1.81. The Labute approximate surface area is 234 Å². The van der Waals surface area contributed by atoms with E-state index in [0.29, 0.717) is 36.4 Å². The number of nitrogens with one attached hydrogen (secondary N) is 1. The molecule has 0 bridgehead atoms. The lowest BCUT2D eigenvalue weighted by molar-refractivity contribution is -0.908. The first-order valence-electron chi connectivity index (χ1n) is 13.7. The minimum atomic E-state index is -0.815. The van der Waals surface area contributed by atoms with Crippen molar-refractivity contribution in [1.82, 2.24) is 4.90 Å². The molecule has 2 fully saturated rings. The van der Waals surface area contributed by atoms with Gasteiger partial charge in [-0.1, -0.05) is 54.3 Å². The highest BCUT2D eigenvalue weighted by Crippen LogP contribution is 2.39. The summed E-state index contributed by atoms with van der Waals surface area (Å²) in [6.07, 6.45) is 0.692. The van der Waals surface area contributed by atoms with E-state index in [2.05, 4.69) is 0 Å². The second-order valence-corrected chi connectivity index (χ2v) is 10.3. The van der Waals surface area contributed by atoms with E-state index >= 15 is 0 Å². The molecule has 2 heterocycles. The van der Waals surface area contributed by atoms with E-state index in [0.717, 1.165) is 44.0 Å². The average Bonchev–Trinajstić information content (AvgIpc) is 3.23. The van der Waals surface area contributed by atoms with Crippen LogP contribution in [0, 0.1) is 6.92 Å². The van der Waals surface area contributed by atoms with Gasteiger partial charge in [-0.25, -0.2) is 0 Å². The van der Waals surface area contributed by atoms with Crippen LogP contribution in [0.1, 0.15) is 34.7 Å². The third-order valence-corrected chi connectivity index (χ3v) is 7.64. The van der Waals surface area contributed by atoms with Crippen molar-refractivity contribution >= 4 is 17.4 Å². The standard InChI is InChI=1S/C32H34N2O6/c1-22-5-2-3-6-25(22)21-40-27-13-9-24(10-14-27)30(36)28-29(23-7-11-26(35)12-8-23)34(32(38)31(28)37)16-4-15-33-17-19-39-20-18-33/h2-3,5-14,29,35-36H,4,15-21H2,1H3. The molecule has 2 N–H and O–H groups in total. The number of hydrogen-bond acceptors (Lipinski definition) is 6. The number of phenolic OH excluding ortho intramolecular Hbond substituents is 1. The number of aromatic hydroxyl groups is 1. The van der Waals surface area contributed by atoms with Crippen molar-refractivity contribution in [3.8, 4) is 11.5 Å². The van der Waals surface area contributed by atoms with Gasteiger partial charge in [-0.2, -0.15) is 0 Å². The van der Waals surface area contributed by atoms with Crippen LogP contribution in [0.25, 0.3) is 5.76 Å². The lowest BCUT2D eigenvalue weighted by Crippen LogP contribution is -3.14. The van der Waals surface area contributed by atoms with Crippen LogP contribution in [0.3, 0.4) is 0 Å². The molecule has 0 spiro atoms. The SMILES string of the molecule is Cc1ccccc1COc1ccc(C([O-])=C2C(=O)C(=O)N(CCC[NH+]3CCOCC3)C2c2ccc(O)cc2)cc1. The summed E-state index contributed by atoms with van der Waals surface area (Å²) in [5.74, 6) is -1.27. The maximum absolute atomic E-state index is 13.7. The summed E-state index contributed by atoms with van der Waals surface area (Å²) in [4.78, 5) is 29.4. The lowest BCUT2D eigenvalue weighted by atomic mass is 9.95. The molecule has 0 radical (unpaired) electrons. The highest BCUT2D eigenvalue weighted by atomic mass is 16.5. The van der Waals surface area contributed by atoms with Gasteiger partial charge in [0.05, 0.1) is 25.8 Å². The number of ketones is 1. The molecule has 208 valence electrons. The van der Waals surface area contributed by atoms with Gasteiger partial charge in [0, 0.05) is 18.5 Å². The zero-order valence-electron chi connectivity index (χ0n) is 22.6. The maximum Gasteiger partial charge on any atom is 0.295 e. The first-order valence-corrected chi connectivity index (χ1v) is 13.7. The number of nitrogens with zero attached hydrogens (tertiary/aromatic N) is 1.